The Morgan fingerprint density at radius 1 is 1.40 bits per heavy atom. The molecule has 15 heavy (non-hydrogen) atoms. The second-order valence-corrected chi connectivity index (χ2v) is 5.07. The molecule has 1 aliphatic heterocycles. The molecule has 0 radical (unpaired) electrons. The Hall–Kier alpha value is -0.410. The first-order chi connectivity index (χ1) is 7.06. The largest absolute Gasteiger partial charge is 0.330 e. The van der Waals surface area contributed by atoms with Crippen LogP contribution in [0.2, 0.25) is 0 Å². The lowest BCUT2D eigenvalue weighted by Gasteiger charge is -2.31. The summed E-state index contributed by atoms with van der Waals surface area (Å²) in [7, 11) is 2.11. The zero-order valence-corrected chi connectivity index (χ0v) is 10.2. The molecule has 88 valence electrons. The molecule has 0 aromatic heterocycles. The molecule has 0 aromatic rings. The average molecular weight is 212 g/mol. The van der Waals surface area contributed by atoms with Crippen molar-refractivity contribution < 1.29 is 4.79 Å². The molecule has 1 rings (SSSR count). The highest BCUT2D eigenvalue weighted by Gasteiger charge is 2.29. The van der Waals surface area contributed by atoms with Crippen molar-refractivity contribution in [1.29, 1.82) is 0 Å². The number of rotatable bonds is 4. The van der Waals surface area contributed by atoms with Crippen LogP contribution in [0.3, 0.4) is 0 Å². The zero-order valence-electron chi connectivity index (χ0n) is 10.2. The summed E-state index contributed by atoms with van der Waals surface area (Å²) in [6.45, 7) is 6.77. The number of piperidine rings is 1. The molecule has 1 aliphatic rings. The molecule has 1 saturated heterocycles. The Morgan fingerprint density at radius 3 is 2.33 bits per heavy atom. The van der Waals surface area contributed by atoms with Crippen molar-refractivity contribution in [3.8, 4) is 0 Å². The fraction of sp³-hybridized carbons (Fsp3) is 0.917. The monoisotopic (exact) mass is 212 g/mol. The minimum atomic E-state index is 0.0680. The number of nitrogens with two attached hydrogens (primary N) is 1. The minimum absolute atomic E-state index is 0.0680. The molecule has 2 N–H and O–H groups in total. The molecule has 1 fully saturated rings. The van der Waals surface area contributed by atoms with Crippen LogP contribution in [0.1, 0.15) is 26.7 Å². The van der Waals surface area contributed by atoms with Crippen LogP contribution in [0.4, 0.5) is 0 Å². The van der Waals surface area contributed by atoms with Crippen molar-refractivity contribution in [2.75, 3.05) is 26.7 Å². The van der Waals surface area contributed by atoms with Crippen molar-refractivity contribution >= 4 is 5.78 Å². The molecule has 0 aromatic carbocycles. The first kappa shape index (κ1) is 12.7. The molecule has 3 heteroatoms. The van der Waals surface area contributed by atoms with E-state index in [0.29, 0.717) is 18.2 Å². The van der Waals surface area contributed by atoms with Crippen molar-refractivity contribution in [3.05, 3.63) is 0 Å². The summed E-state index contributed by atoms with van der Waals surface area (Å²) < 4.78 is 0. The lowest BCUT2D eigenvalue weighted by molar-refractivity contribution is -0.129. The maximum absolute atomic E-state index is 12.2. The quantitative estimate of drug-likeness (QED) is 0.760. The first-order valence-corrected chi connectivity index (χ1v) is 5.98. The van der Waals surface area contributed by atoms with E-state index in [4.69, 9.17) is 5.73 Å². The topological polar surface area (TPSA) is 46.3 Å². The van der Waals surface area contributed by atoms with Crippen LogP contribution in [-0.2, 0) is 4.79 Å². The Labute approximate surface area is 93.0 Å². The Kier molecular flexibility index (Phi) is 4.74. The van der Waals surface area contributed by atoms with Crippen LogP contribution >= 0.6 is 0 Å². The highest BCUT2D eigenvalue weighted by atomic mass is 16.1. The fourth-order valence-corrected chi connectivity index (χ4v) is 2.31. The van der Waals surface area contributed by atoms with Crippen molar-refractivity contribution in [1.82, 2.24) is 4.90 Å². The van der Waals surface area contributed by atoms with Gasteiger partial charge in [-0.05, 0) is 38.9 Å². The number of likely N-dealkylation sites (tertiary alicyclic amines) is 1. The zero-order chi connectivity index (χ0) is 11.4. The first-order valence-electron chi connectivity index (χ1n) is 5.98. The van der Waals surface area contributed by atoms with Crippen LogP contribution < -0.4 is 5.73 Å². The maximum Gasteiger partial charge on any atom is 0.140 e. The number of Topliss-reactive ketones (excluding diaryl/α,β-unsaturated/α-hetero) is 1. The highest BCUT2D eigenvalue weighted by molar-refractivity contribution is 5.84. The third-order valence-corrected chi connectivity index (χ3v) is 3.55. The fourth-order valence-electron chi connectivity index (χ4n) is 2.31. The molecule has 0 spiro atoms. The minimum Gasteiger partial charge on any atom is -0.330 e. The van der Waals surface area contributed by atoms with Gasteiger partial charge in [-0.15, -0.1) is 0 Å². The van der Waals surface area contributed by atoms with E-state index in [1.807, 2.05) is 0 Å². The summed E-state index contributed by atoms with van der Waals surface area (Å²) in [6, 6.07) is 0. The number of carbonyl (C=O) groups excluding carboxylic acids is 1. The standard InChI is InChI=1S/C12H24N2O/c1-9(2)11(8-13)12(15)10-4-6-14(3)7-5-10/h9-11H,4-8,13H2,1-3H3. The van der Waals surface area contributed by atoms with Gasteiger partial charge in [0.15, 0.2) is 0 Å². The van der Waals surface area contributed by atoms with Gasteiger partial charge in [-0.3, -0.25) is 4.79 Å². The van der Waals surface area contributed by atoms with E-state index in [1.54, 1.807) is 0 Å². The van der Waals surface area contributed by atoms with Gasteiger partial charge >= 0.3 is 0 Å². The van der Waals surface area contributed by atoms with Gasteiger partial charge in [0.1, 0.15) is 5.78 Å². The van der Waals surface area contributed by atoms with Crippen LogP contribution in [0.25, 0.3) is 0 Å². The molecule has 0 aliphatic carbocycles. The maximum atomic E-state index is 12.2. The van der Waals surface area contributed by atoms with Crippen LogP contribution in [-0.4, -0.2) is 37.4 Å². The number of nitrogens with zero attached hydrogens (tertiary/aromatic N) is 1. The summed E-state index contributed by atoms with van der Waals surface area (Å²) in [5.74, 6) is 1.11. The third-order valence-electron chi connectivity index (χ3n) is 3.55. The molecule has 0 saturated carbocycles. The highest BCUT2D eigenvalue weighted by Crippen LogP contribution is 2.23. The number of ketones is 1. The second kappa shape index (κ2) is 5.61. The predicted octanol–water partition coefficient (Wildman–Crippen LogP) is 1.13. The van der Waals surface area contributed by atoms with E-state index in [-0.39, 0.29) is 11.8 Å². The lowest BCUT2D eigenvalue weighted by Crippen LogP contribution is -2.39. The predicted molar refractivity (Wildman–Crippen MR) is 62.6 cm³/mol. The summed E-state index contributed by atoms with van der Waals surface area (Å²) in [6.07, 6.45) is 2.02. The van der Waals surface area contributed by atoms with E-state index in [2.05, 4.69) is 25.8 Å². The molecule has 1 heterocycles. The van der Waals surface area contributed by atoms with Crippen LogP contribution in [0.15, 0.2) is 0 Å². The molecular formula is C12H24N2O. The van der Waals surface area contributed by atoms with Gasteiger partial charge in [0, 0.05) is 18.4 Å². The molecule has 1 atom stereocenters. The summed E-state index contributed by atoms with van der Waals surface area (Å²) in [5, 5.41) is 0. The Morgan fingerprint density at radius 2 is 1.93 bits per heavy atom. The SMILES string of the molecule is CC(C)C(CN)C(=O)C1CCN(C)CC1. The van der Waals surface area contributed by atoms with Gasteiger partial charge < -0.3 is 10.6 Å². The lowest BCUT2D eigenvalue weighted by atomic mass is 9.81. The average Bonchev–Trinajstić information content (AvgIpc) is 2.19. The van der Waals surface area contributed by atoms with Crippen molar-refractivity contribution in [3.63, 3.8) is 0 Å². The molecule has 0 bridgehead atoms. The number of carbonyl (C=O) groups is 1. The van der Waals surface area contributed by atoms with E-state index >= 15 is 0 Å². The van der Waals surface area contributed by atoms with Gasteiger partial charge in [0.2, 0.25) is 0 Å². The number of hydrogen-bond acceptors (Lipinski definition) is 3. The van der Waals surface area contributed by atoms with Gasteiger partial charge in [-0.25, -0.2) is 0 Å². The van der Waals surface area contributed by atoms with Crippen LogP contribution in [0.5, 0.6) is 0 Å². The molecule has 1 unspecified atom stereocenters. The van der Waals surface area contributed by atoms with Crippen LogP contribution in [0, 0.1) is 17.8 Å². The second-order valence-electron chi connectivity index (χ2n) is 5.07. The normalized spacial score (nSPS) is 21.9. The molecule has 3 nitrogen and oxygen atoms in total. The van der Waals surface area contributed by atoms with Crippen molar-refractivity contribution in [2.24, 2.45) is 23.5 Å². The Bertz CT molecular complexity index is 208. The molecular weight excluding hydrogens is 188 g/mol. The van der Waals surface area contributed by atoms with Crippen molar-refractivity contribution in [2.45, 2.75) is 26.7 Å². The molecule has 0 amide bonds. The summed E-state index contributed by atoms with van der Waals surface area (Å²) in [4.78, 5) is 14.5. The van der Waals surface area contributed by atoms with Gasteiger partial charge in [-0.1, -0.05) is 13.8 Å². The van der Waals surface area contributed by atoms with Gasteiger partial charge in [-0.2, -0.15) is 0 Å². The summed E-state index contributed by atoms with van der Waals surface area (Å²) in [5.41, 5.74) is 5.68. The summed E-state index contributed by atoms with van der Waals surface area (Å²) >= 11 is 0. The van der Waals surface area contributed by atoms with Gasteiger partial charge in [0.25, 0.3) is 0 Å². The Balaban J connectivity index is 2.52. The van der Waals surface area contributed by atoms with Gasteiger partial charge in [0.05, 0.1) is 0 Å². The van der Waals surface area contributed by atoms with E-state index < -0.39 is 0 Å². The smallest absolute Gasteiger partial charge is 0.140 e. The number of hydrogen-bond donors (Lipinski definition) is 1. The van der Waals surface area contributed by atoms with E-state index in [1.165, 1.54) is 0 Å². The third kappa shape index (κ3) is 3.28. The van der Waals surface area contributed by atoms with E-state index in [0.717, 1.165) is 25.9 Å². The van der Waals surface area contributed by atoms with E-state index in [9.17, 15) is 4.79 Å².